The summed E-state index contributed by atoms with van der Waals surface area (Å²) in [5.74, 6) is 0.717. The molecule has 1 aromatic carbocycles. The van der Waals surface area contributed by atoms with E-state index in [-0.39, 0.29) is 12.0 Å². The molecule has 1 saturated heterocycles. The second kappa shape index (κ2) is 9.86. The first-order valence-corrected chi connectivity index (χ1v) is 11.2. The van der Waals surface area contributed by atoms with Gasteiger partial charge >= 0.3 is 6.09 Å². The summed E-state index contributed by atoms with van der Waals surface area (Å²) < 4.78 is 12.8. The maximum Gasteiger partial charge on any atom is 0.410 e. The second-order valence-electron chi connectivity index (χ2n) is 9.19. The number of amides is 2. The Balaban J connectivity index is 1.63. The molecule has 174 valence electrons. The number of piperidine rings is 1. The van der Waals surface area contributed by atoms with Gasteiger partial charge in [0, 0.05) is 45.1 Å². The van der Waals surface area contributed by atoms with Gasteiger partial charge in [-0.2, -0.15) is 0 Å². The minimum atomic E-state index is -0.516. The zero-order valence-corrected chi connectivity index (χ0v) is 20.2. The molecule has 0 spiro atoms. The molecule has 0 bridgehead atoms. The maximum absolute atomic E-state index is 13.2. The van der Waals surface area contributed by atoms with E-state index in [9.17, 15) is 9.59 Å². The molecule has 2 amide bonds. The van der Waals surface area contributed by atoms with E-state index in [1.54, 1.807) is 31.2 Å². The van der Waals surface area contributed by atoms with E-state index in [4.69, 9.17) is 21.1 Å². The van der Waals surface area contributed by atoms with Crippen LogP contribution in [0.4, 0.5) is 4.79 Å². The average Bonchev–Trinajstić information content (AvgIpc) is 3.27. The van der Waals surface area contributed by atoms with Crippen LogP contribution in [0.5, 0.6) is 5.75 Å². The second-order valence-corrected chi connectivity index (χ2v) is 9.60. The van der Waals surface area contributed by atoms with Gasteiger partial charge in [-0.15, -0.1) is 0 Å². The number of hydrogen-bond acceptors (Lipinski definition) is 4. The van der Waals surface area contributed by atoms with Gasteiger partial charge in [0.05, 0.1) is 23.4 Å². The summed E-state index contributed by atoms with van der Waals surface area (Å²) in [6, 6.07) is 7.29. The van der Waals surface area contributed by atoms with Crippen LogP contribution in [0, 0.1) is 5.92 Å². The number of hydrogen-bond donors (Lipinski definition) is 0. The molecular weight excluding hydrogens is 430 g/mol. The number of benzene rings is 1. The van der Waals surface area contributed by atoms with Crippen LogP contribution in [0.25, 0.3) is 5.69 Å². The Morgan fingerprint density at radius 2 is 1.78 bits per heavy atom. The lowest BCUT2D eigenvalue weighted by atomic mass is 9.95. The first-order chi connectivity index (χ1) is 15.1. The van der Waals surface area contributed by atoms with Gasteiger partial charge < -0.3 is 23.8 Å². The molecule has 2 heterocycles. The molecule has 8 heteroatoms. The van der Waals surface area contributed by atoms with E-state index < -0.39 is 5.60 Å². The lowest BCUT2D eigenvalue weighted by molar-refractivity contribution is 0.0245. The van der Waals surface area contributed by atoms with E-state index >= 15 is 0 Å². The number of carbonyl (C=O) groups excluding carboxylic acids is 2. The van der Waals surface area contributed by atoms with Crippen LogP contribution in [0.2, 0.25) is 5.02 Å². The summed E-state index contributed by atoms with van der Waals surface area (Å²) in [5, 5.41) is 0.485. The van der Waals surface area contributed by atoms with Gasteiger partial charge in [0.2, 0.25) is 0 Å². The predicted molar refractivity (Wildman–Crippen MR) is 125 cm³/mol. The first kappa shape index (κ1) is 24.0. The summed E-state index contributed by atoms with van der Waals surface area (Å²) in [7, 11) is 3.31. The number of methoxy groups -OCH3 is 1. The molecule has 7 nitrogen and oxygen atoms in total. The highest BCUT2D eigenvalue weighted by molar-refractivity contribution is 6.33. The van der Waals surface area contributed by atoms with Crippen molar-refractivity contribution in [1.29, 1.82) is 0 Å². The third-order valence-corrected chi connectivity index (χ3v) is 5.82. The van der Waals surface area contributed by atoms with E-state index in [0.29, 0.717) is 41.9 Å². The Hall–Kier alpha value is -2.67. The smallest absolute Gasteiger partial charge is 0.410 e. The molecule has 0 N–H and O–H groups in total. The van der Waals surface area contributed by atoms with Crippen LogP contribution in [0.1, 0.15) is 44.0 Å². The van der Waals surface area contributed by atoms with Gasteiger partial charge in [0.1, 0.15) is 11.4 Å². The van der Waals surface area contributed by atoms with Crippen LogP contribution in [0.15, 0.2) is 36.7 Å². The third-order valence-electron chi connectivity index (χ3n) is 5.52. The SMILES string of the molecule is COc1cc(-n2cccc2)c(Cl)cc1C(=O)N1CCC(CN(C)C(=O)OC(C)(C)C)CC1. The molecule has 0 atom stereocenters. The van der Waals surface area contributed by atoms with E-state index in [1.807, 2.05) is 54.8 Å². The third kappa shape index (κ3) is 5.76. The van der Waals surface area contributed by atoms with Crippen molar-refractivity contribution in [3.63, 3.8) is 0 Å². The summed E-state index contributed by atoms with van der Waals surface area (Å²) in [6.45, 7) is 7.41. The van der Waals surface area contributed by atoms with E-state index in [1.165, 1.54) is 0 Å². The highest BCUT2D eigenvalue weighted by Crippen LogP contribution is 2.32. The van der Waals surface area contributed by atoms with Gasteiger partial charge in [-0.3, -0.25) is 4.79 Å². The van der Waals surface area contributed by atoms with Gasteiger partial charge in [-0.05, 0) is 57.7 Å². The molecule has 1 aromatic heterocycles. The summed E-state index contributed by atoms with van der Waals surface area (Å²) in [6.07, 6.45) is 5.09. The quantitative estimate of drug-likeness (QED) is 0.638. The maximum atomic E-state index is 13.2. The van der Waals surface area contributed by atoms with Gasteiger partial charge in [0.15, 0.2) is 0 Å². The lowest BCUT2D eigenvalue weighted by Crippen LogP contribution is -2.43. The highest BCUT2D eigenvalue weighted by atomic mass is 35.5. The number of halogens is 1. The molecule has 1 fully saturated rings. The van der Waals surface area contributed by atoms with E-state index in [0.717, 1.165) is 18.5 Å². The molecule has 1 aliphatic rings. The largest absolute Gasteiger partial charge is 0.496 e. The van der Waals surface area contributed by atoms with Crippen LogP contribution < -0.4 is 4.74 Å². The number of nitrogens with zero attached hydrogens (tertiary/aromatic N) is 3. The number of rotatable bonds is 5. The van der Waals surface area contributed by atoms with Crippen molar-refractivity contribution >= 4 is 23.6 Å². The monoisotopic (exact) mass is 461 g/mol. The Kier molecular flexibility index (Phi) is 7.39. The molecule has 0 aliphatic carbocycles. The van der Waals surface area contributed by atoms with Gasteiger partial charge in [-0.25, -0.2) is 4.79 Å². The van der Waals surface area contributed by atoms with E-state index in [2.05, 4.69) is 0 Å². The van der Waals surface area contributed by atoms with Crippen molar-refractivity contribution in [2.24, 2.45) is 5.92 Å². The van der Waals surface area contributed by atoms with Crippen LogP contribution in [-0.2, 0) is 4.74 Å². The summed E-state index contributed by atoms with van der Waals surface area (Å²) in [4.78, 5) is 28.9. The Morgan fingerprint density at radius 3 is 2.34 bits per heavy atom. The van der Waals surface area contributed by atoms with Crippen molar-refractivity contribution in [1.82, 2.24) is 14.4 Å². The highest BCUT2D eigenvalue weighted by Gasteiger charge is 2.28. The zero-order chi connectivity index (χ0) is 23.5. The molecule has 0 saturated carbocycles. The number of likely N-dealkylation sites (tertiary alicyclic amines) is 1. The van der Waals surface area contributed by atoms with Crippen molar-refractivity contribution in [2.75, 3.05) is 33.8 Å². The predicted octanol–water partition coefficient (Wildman–Crippen LogP) is 4.86. The molecule has 32 heavy (non-hydrogen) atoms. The van der Waals surface area contributed by atoms with Gasteiger partial charge in [-0.1, -0.05) is 11.6 Å². The topological polar surface area (TPSA) is 64.0 Å². The molecule has 1 aliphatic heterocycles. The fraction of sp³-hybridized carbons (Fsp3) is 0.500. The fourth-order valence-electron chi connectivity index (χ4n) is 3.86. The van der Waals surface area contributed by atoms with Crippen molar-refractivity contribution in [3.8, 4) is 11.4 Å². The average molecular weight is 462 g/mol. The van der Waals surface area contributed by atoms with Crippen molar-refractivity contribution < 1.29 is 19.1 Å². The Bertz CT molecular complexity index is 945. The van der Waals surface area contributed by atoms with Crippen LogP contribution in [-0.4, -0.2) is 65.8 Å². The van der Waals surface area contributed by atoms with Crippen molar-refractivity contribution in [2.45, 2.75) is 39.2 Å². The summed E-state index contributed by atoms with van der Waals surface area (Å²) >= 11 is 6.49. The van der Waals surface area contributed by atoms with Crippen LogP contribution >= 0.6 is 11.6 Å². The minimum Gasteiger partial charge on any atom is -0.496 e. The standard InChI is InChI=1S/C24H32ClN3O4/c1-24(2,3)32-23(30)26(4)16-17-8-12-28(13-9-17)22(29)18-14-19(25)20(15-21(18)31-5)27-10-6-7-11-27/h6-7,10-11,14-15,17H,8-9,12-13,16H2,1-5H3. The normalized spacial score (nSPS) is 14.9. The molecule has 0 unspecified atom stereocenters. The summed E-state index contributed by atoms with van der Waals surface area (Å²) in [5.41, 5.74) is 0.699. The molecular formula is C24H32ClN3O4. The van der Waals surface area contributed by atoms with Crippen LogP contribution in [0.3, 0.4) is 0 Å². The Morgan fingerprint density at radius 1 is 1.16 bits per heavy atom. The zero-order valence-electron chi connectivity index (χ0n) is 19.4. The minimum absolute atomic E-state index is 0.0956. The number of carbonyl (C=O) groups is 2. The first-order valence-electron chi connectivity index (χ1n) is 10.8. The Labute approximate surface area is 194 Å². The van der Waals surface area contributed by atoms with Gasteiger partial charge in [0.25, 0.3) is 5.91 Å². The molecule has 2 aromatic rings. The molecule has 3 rings (SSSR count). The molecule has 0 radical (unpaired) electrons. The number of aromatic nitrogens is 1. The van der Waals surface area contributed by atoms with Crippen molar-refractivity contribution in [3.05, 3.63) is 47.2 Å². The lowest BCUT2D eigenvalue weighted by Gasteiger charge is -2.34. The fourth-order valence-corrected chi connectivity index (χ4v) is 4.12. The number of ether oxygens (including phenoxy) is 2.